The molecule has 0 aromatic heterocycles. The normalized spacial score (nSPS) is 15.2. The maximum Gasteiger partial charge on any atom is 0.243 e. The highest BCUT2D eigenvalue weighted by atomic mass is 35.5. The smallest absolute Gasteiger partial charge is 0.243 e. The first-order chi connectivity index (χ1) is 11.4. The van der Waals surface area contributed by atoms with E-state index in [1.807, 2.05) is 0 Å². The quantitative estimate of drug-likeness (QED) is 0.766. The number of benzene rings is 1. The predicted octanol–water partition coefficient (Wildman–Crippen LogP) is 2.14. The highest BCUT2D eigenvalue weighted by Gasteiger charge is 2.28. The van der Waals surface area contributed by atoms with Crippen molar-refractivity contribution >= 4 is 38.9 Å². The van der Waals surface area contributed by atoms with Gasteiger partial charge in [0.1, 0.15) is 0 Å². The molecular weight excluding hydrogens is 352 g/mol. The van der Waals surface area contributed by atoms with E-state index in [1.165, 1.54) is 0 Å². The van der Waals surface area contributed by atoms with Crippen LogP contribution in [0.25, 0.3) is 0 Å². The van der Waals surface area contributed by atoms with E-state index in [4.69, 9.17) is 11.6 Å². The molecule has 2 rings (SSSR count). The molecular formula is C16H21ClN2O4S. The summed E-state index contributed by atoms with van der Waals surface area (Å²) < 4.78 is 24.1. The van der Waals surface area contributed by atoms with Crippen molar-refractivity contribution in [1.82, 2.24) is 5.32 Å². The minimum absolute atomic E-state index is 0.118. The van der Waals surface area contributed by atoms with E-state index in [0.29, 0.717) is 23.6 Å². The summed E-state index contributed by atoms with van der Waals surface area (Å²) in [6, 6.07) is 6.58. The SMILES string of the molecule is O=C(CCS(=O)(=O)C1CCCC1)NCC(=O)Nc1ccc(Cl)cc1. The second-order valence-corrected chi connectivity index (χ2v) is 8.69. The van der Waals surface area contributed by atoms with E-state index in [9.17, 15) is 18.0 Å². The number of carbonyl (C=O) groups excluding carboxylic acids is 2. The summed E-state index contributed by atoms with van der Waals surface area (Å²) in [6.07, 6.45) is 3.12. The molecule has 24 heavy (non-hydrogen) atoms. The van der Waals surface area contributed by atoms with Gasteiger partial charge >= 0.3 is 0 Å². The number of hydrogen-bond acceptors (Lipinski definition) is 4. The lowest BCUT2D eigenvalue weighted by Crippen LogP contribution is -2.34. The Kier molecular flexibility index (Phi) is 6.62. The fraction of sp³-hybridized carbons (Fsp3) is 0.500. The van der Waals surface area contributed by atoms with Crippen LogP contribution in [0.5, 0.6) is 0 Å². The van der Waals surface area contributed by atoms with Gasteiger partial charge in [0.05, 0.1) is 17.5 Å². The Balaban J connectivity index is 1.70. The molecule has 0 heterocycles. The number of halogens is 1. The van der Waals surface area contributed by atoms with Crippen LogP contribution in [-0.4, -0.2) is 37.8 Å². The maximum atomic E-state index is 12.1. The highest BCUT2D eigenvalue weighted by molar-refractivity contribution is 7.92. The number of carbonyl (C=O) groups is 2. The fourth-order valence-electron chi connectivity index (χ4n) is 2.65. The molecule has 2 amide bonds. The van der Waals surface area contributed by atoms with Gasteiger partial charge in [-0.3, -0.25) is 9.59 Å². The van der Waals surface area contributed by atoms with Crippen LogP contribution in [0.1, 0.15) is 32.1 Å². The summed E-state index contributed by atoms with van der Waals surface area (Å²) in [5.41, 5.74) is 0.572. The lowest BCUT2D eigenvalue weighted by molar-refractivity contribution is -0.123. The monoisotopic (exact) mass is 372 g/mol. The van der Waals surface area contributed by atoms with Crippen molar-refractivity contribution in [1.29, 1.82) is 0 Å². The van der Waals surface area contributed by atoms with Gasteiger partial charge in [0.25, 0.3) is 0 Å². The van der Waals surface area contributed by atoms with E-state index in [-0.39, 0.29) is 29.9 Å². The van der Waals surface area contributed by atoms with Gasteiger partial charge in [-0.05, 0) is 37.1 Å². The molecule has 0 aliphatic heterocycles. The molecule has 0 radical (unpaired) electrons. The summed E-state index contributed by atoms with van der Waals surface area (Å²) in [6.45, 7) is -0.203. The van der Waals surface area contributed by atoms with Crippen LogP contribution in [-0.2, 0) is 19.4 Å². The van der Waals surface area contributed by atoms with Crippen LogP contribution < -0.4 is 10.6 Å². The standard InChI is InChI=1S/C16H21ClN2O4S/c17-12-5-7-13(8-6-12)19-16(21)11-18-15(20)9-10-24(22,23)14-3-1-2-4-14/h5-8,14H,1-4,9-11H2,(H,18,20)(H,19,21). The third kappa shape index (κ3) is 5.79. The van der Waals surface area contributed by atoms with Crippen LogP contribution in [0.3, 0.4) is 0 Å². The molecule has 2 N–H and O–H groups in total. The summed E-state index contributed by atoms with van der Waals surface area (Å²) in [5, 5.41) is 5.30. The van der Waals surface area contributed by atoms with Crippen LogP contribution in [0.2, 0.25) is 5.02 Å². The van der Waals surface area contributed by atoms with Gasteiger partial charge < -0.3 is 10.6 Å². The predicted molar refractivity (Wildman–Crippen MR) is 93.8 cm³/mol. The Bertz CT molecular complexity index is 683. The topological polar surface area (TPSA) is 92.3 Å². The first-order valence-corrected chi connectivity index (χ1v) is 10.00. The molecule has 1 aromatic carbocycles. The van der Waals surface area contributed by atoms with Gasteiger partial charge in [-0.2, -0.15) is 0 Å². The molecule has 0 unspecified atom stereocenters. The molecule has 1 aliphatic rings. The Morgan fingerprint density at radius 1 is 1.08 bits per heavy atom. The van der Waals surface area contributed by atoms with E-state index in [1.54, 1.807) is 24.3 Å². The lowest BCUT2D eigenvalue weighted by Gasteiger charge is -2.11. The van der Waals surface area contributed by atoms with Gasteiger partial charge in [0, 0.05) is 17.1 Å². The number of nitrogens with one attached hydrogen (secondary N) is 2. The van der Waals surface area contributed by atoms with Crippen molar-refractivity contribution in [2.24, 2.45) is 0 Å². The molecule has 1 aliphatic carbocycles. The molecule has 6 nitrogen and oxygen atoms in total. The molecule has 0 saturated heterocycles. The number of amides is 2. The molecule has 132 valence electrons. The molecule has 1 fully saturated rings. The van der Waals surface area contributed by atoms with Crippen molar-refractivity contribution in [2.75, 3.05) is 17.6 Å². The van der Waals surface area contributed by atoms with E-state index < -0.39 is 15.7 Å². The second-order valence-electron chi connectivity index (χ2n) is 5.86. The zero-order chi connectivity index (χ0) is 17.6. The van der Waals surface area contributed by atoms with Crippen molar-refractivity contribution in [3.63, 3.8) is 0 Å². The maximum absolute atomic E-state index is 12.1. The number of sulfone groups is 1. The third-order valence-electron chi connectivity index (χ3n) is 4.00. The van der Waals surface area contributed by atoms with Gasteiger partial charge in [-0.25, -0.2) is 8.42 Å². The Hall–Kier alpha value is -1.60. The second kappa shape index (κ2) is 8.48. The largest absolute Gasteiger partial charge is 0.347 e. The van der Waals surface area contributed by atoms with Crippen molar-refractivity contribution in [2.45, 2.75) is 37.4 Å². The number of anilines is 1. The summed E-state index contributed by atoms with van der Waals surface area (Å²) in [7, 11) is -3.22. The molecule has 8 heteroatoms. The van der Waals surface area contributed by atoms with E-state index >= 15 is 0 Å². The van der Waals surface area contributed by atoms with Gasteiger partial charge in [-0.15, -0.1) is 0 Å². The van der Waals surface area contributed by atoms with Gasteiger partial charge in [0.15, 0.2) is 9.84 Å². The first-order valence-electron chi connectivity index (χ1n) is 7.90. The molecule has 0 spiro atoms. The number of rotatable bonds is 7. The molecule has 1 saturated carbocycles. The zero-order valence-corrected chi connectivity index (χ0v) is 14.8. The molecule has 0 atom stereocenters. The highest BCUT2D eigenvalue weighted by Crippen LogP contribution is 2.25. The number of hydrogen-bond donors (Lipinski definition) is 2. The summed E-state index contributed by atoms with van der Waals surface area (Å²) in [4.78, 5) is 23.5. The van der Waals surface area contributed by atoms with Crippen molar-refractivity contribution in [3.8, 4) is 0 Å². The Labute approximate surface area is 146 Å². The molecule has 0 bridgehead atoms. The van der Waals surface area contributed by atoms with E-state index in [0.717, 1.165) is 12.8 Å². The molecule has 1 aromatic rings. The van der Waals surface area contributed by atoms with Crippen LogP contribution in [0.4, 0.5) is 5.69 Å². The Morgan fingerprint density at radius 3 is 2.33 bits per heavy atom. The van der Waals surface area contributed by atoms with E-state index in [2.05, 4.69) is 10.6 Å². The summed E-state index contributed by atoms with van der Waals surface area (Å²) >= 11 is 5.75. The zero-order valence-electron chi connectivity index (χ0n) is 13.3. The summed E-state index contributed by atoms with van der Waals surface area (Å²) in [5.74, 6) is -0.991. The minimum Gasteiger partial charge on any atom is -0.347 e. The van der Waals surface area contributed by atoms with Crippen LogP contribution >= 0.6 is 11.6 Å². The first kappa shape index (κ1) is 18.7. The lowest BCUT2D eigenvalue weighted by atomic mass is 10.3. The minimum atomic E-state index is -3.22. The van der Waals surface area contributed by atoms with Crippen molar-refractivity contribution < 1.29 is 18.0 Å². The van der Waals surface area contributed by atoms with Crippen LogP contribution in [0.15, 0.2) is 24.3 Å². The average Bonchev–Trinajstić information content (AvgIpc) is 3.09. The fourth-order valence-corrected chi connectivity index (χ4v) is 4.64. The van der Waals surface area contributed by atoms with Gasteiger partial charge in [-0.1, -0.05) is 24.4 Å². The third-order valence-corrected chi connectivity index (χ3v) is 6.51. The van der Waals surface area contributed by atoms with Crippen molar-refractivity contribution in [3.05, 3.63) is 29.3 Å². The van der Waals surface area contributed by atoms with Gasteiger partial charge in [0.2, 0.25) is 11.8 Å². The Morgan fingerprint density at radius 2 is 1.71 bits per heavy atom. The van der Waals surface area contributed by atoms with Crippen LogP contribution in [0, 0.1) is 0 Å². The average molecular weight is 373 g/mol.